The van der Waals surface area contributed by atoms with Gasteiger partial charge in [0.15, 0.2) is 0 Å². The Hall–Kier alpha value is -1.91. The van der Waals surface area contributed by atoms with Crippen molar-refractivity contribution >= 4 is 5.91 Å². The van der Waals surface area contributed by atoms with E-state index < -0.39 is 12.1 Å². The Bertz CT molecular complexity index is 782. The second-order valence-corrected chi connectivity index (χ2v) is 13.0. The molecule has 0 fully saturated rings. The average molecular weight is 642 g/mol. The van der Waals surface area contributed by atoms with Gasteiger partial charge in [0.2, 0.25) is 5.91 Å². The van der Waals surface area contributed by atoms with Crippen molar-refractivity contribution in [2.75, 3.05) is 6.61 Å². The van der Waals surface area contributed by atoms with Crippen molar-refractivity contribution in [2.45, 2.75) is 193 Å². The molecule has 46 heavy (non-hydrogen) atoms. The van der Waals surface area contributed by atoms with Gasteiger partial charge >= 0.3 is 0 Å². The molecule has 0 saturated carbocycles. The topological polar surface area (TPSA) is 69.6 Å². The molecule has 0 aliphatic rings. The zero-order valence-corrected chi connectivity index (χ0v) is 30.3. The number of hydrogen-bond donors (Lipinski definition) is 3. The third-order valence-corrected chi connectivity index (χ3v) is 8.54. The highest BCUT2D eigenvalue weighted by atomic mass is 16.3. The molecule has 0 spiro atoms. The van der Waals surface area contributed by atoms with Crippen LogP contribution in [0.2, 0.25) is 0 Å². The van der Waals surface area contributed by atoms with Crippen LogP contribution in [0.5, 0.6) is 0 Å². The highest BCUT2D eigenvalue weighted by molar-refractivity contribution is 5.76. The largest absolute Gasteiger partial charge is 0.394 e. The Morgan fingerprint density at radius 1 is 0.543 bits per heavy atom. The van der Waals surface area contributed by atoms with E-state index in [0.717, 1.165) is 64.2 Å². The summed E-state index contributed by atoms with van der Waals surface area (Å²) in [7, 11) is 0. The summed E-state index contributed by atoms with van der Waals surface area (Å²) in [5, 5.41) is 23.0. The summed E-state index contributed by atoms with van der Waals surface area (Å²) in [6.45, 7) is 4.22. The van der Waals surface area contributed by atoms with E-state index in [-0.39, 0.29) is 12.5 Å². The Labute approximate surface area is 286 Å². The predicted molar refractivity (Wildman–Crippen MR) is 202 cm³/mol. The van der Waals surface area contributed by atoms with Gasteiger partial charge in [0.25, 0.3) is 0 Å². The Morgan fingerprint density at radius 3 is 1.43 bits per heavy atom. The van der Waals surface area contributed by atoms with E-state index in [1.54, 1.807) is 0 Å². The molecule has 0 rings (SSSR count). The van der Waals surface area contributed by atoms with Gasteiger partial charge in [-0.05, 0) is 57.8 Å². The fourth-order valence-corrected chi connectivity index (χ4v) is 5.56. The molecule has 0 aromatic carbocycles. The molecule has 0 heterocycles. The zero-order chi connectivity index (χ0) is 33.6. The highest BCUT2D eigenvalue weighted by Gasteiger charge is 2.19. The minimum atomic E-state index is -0.665. The number of aliphatic hydroxyl groups excluding tert-OH is 2. The van der Waals surface area contributed by atoms with E-state index >= 15 is 0 Å². The van der Waals surface area contributed by atoms with Crippen LogP contribution in [-0.4, -0.2) is 34.9 Å². The number of aliphatic hydroxyl groups is 2. The second kappa shape index (κ2) is 37.5. The smallest absolute Gasteiger partial charge is 0.220 e. The van der Waals surface area contributed by atoms with E-state index in [2.05, 4.69) is 79.9 Å². The van der Waals surface area contributed by atoms with Crippen molar-refractivity contribution < 1.29 is 15.0 Å². The lowest BCUT2D eigenvalue weighted by molar-refractivity contribution is -0.123. The van der Waals surface area contributed by atoms with E-state index in [4.69, 9.17) is 0 Å². The second-order valence-electron chi connectivity index (χ2n) is 13.0. The van der Waals surface area contributed by atoms with Crippen molar-refractivity contribution in [3.8, 4) is 0 Å². The van der Waals surface area contributed by atoms with Crippen LogP contribution < -0.4 is 5.32 Å². The fraction of sp³-hybridized carbons (Fsp3) is 0.738. The molecule has 4 nitrogen and oxygen atoms in total. The van der Waals surface area contributed by atoms with Crippen LogP contribution in [0.3, 0.4) is 0 Å². The Balaban J connectivity index is 3.61. The van der Waals surface area contributed by atoms with Crippen LogP contribution in [0, 0.1) is 0 Å². The quantitative estimate of drug-likeness (QED) is 0.0483. The number of carbonyl (C=O) groups excluding carboxylic acids is 1. The SMILES string of the molecule is CC/C=C\C/C=C\C/C=C\C/C=C\C/C=C\CCCCCCCCCC(=O)NC(CO)C(O)CCCCCCCCCCCCC. The summed E-state index contributed by atoms with van der Waals surface area (Å²) in [5.41, 5.74) is 0. The molecule has 0 aromatic rings. The molecule has 2 atom stereocenters. The van der Waals surface area contributed by atoms with E-state index in [1.807, 2.05) is 0 Å². The highest BCUT2D eigenvalue weighted by Crippen LogP contribution is 2.14. The van der Waals surface area contributed by atoms with E-state index in [0.29, 0.717) is 12.8 Å². The zero-order valence-electron chi connectivity index (χ0n) is 30.3. The van der Waals surface area contributed by atoms with Gasteiger partial charge in [-0.15, -0.1) is 0 Å². The van der Waals surface area contributed by atoms with Gasteiger partial charge in [-0.2, -0.15) is 0 Å². The van der Waals surface area contributed by atoms with E-state index in [1.165, 1.54) is 89.9 Å². The molecule has 0 saturated heterocycles. The lowest BCUT2D eigenvalue weighted by Crippen LogP contribution is -2.45. The number of rotatable bonds is 34. The summed E-state index contributed by atoms with van der Waals surface area (Å²) in [6, 6.07) is -0.543. The molecule has 0 bridgehead atoms. The minimum absolute atomic E-state index is 0.0471. The molecule has 2 unspecified atom stereocenters. The maximum atomic E-state index is 12.3. The lowest BCUT2D eigenvalue weighted by atomic mass is 10.0. The van der Waals surface area contributed by atoms with Crippen molar-refractivity contribution in [1.29, 1.82) is 0 Å². The number of unbranched alkanes of at least 4 members (excludes halogenated alkanes) is 17. The predicted octanol–water partition coefficient (Wildman–Crippen LogP) is 11.8. The molecule has 266 valence electrons. The van der Waals surface area contributed by atoms with Gasteiger partial charge in [-0.1, -0.05) is 177 Å². The maximum Gasteiger partial charge on any atom is 0.220 e. The number of nitrogens with one attached hydrogen (secondary N) is 1. The van der Waals surface area contributed by atoms with Crippen LogP contribution >= 0.6 is 0 Å². The third-order valence-electron chi connectivity index (χ3n) is 8.54. The number of allylic oxidation sites excluding steroid dienone is 10. The fourth-order valence-electron chi connectivity index (χ4n) is 5.56. The van der Waals surface area contributed by atoms with Gasteiger partial charge in [0.05, 0.1) is 18.8 Å². The molecule has 0 aliphatic heterocycles. The van der Waals surface area contributed by atoms with Gasteiger partial charge < -0.3 is 15.5 Å². The molecule has 0 aromatic heterocycles. The first-order chi connectivity index (χ1) is 22.7. The summed E-state index contributed by atoms with van der Waals surface area (Å²) < 4.78 is 0. The third kappa shape index (κ3) is 33.5. The van der Waals surface area contributed by atoms with Crippen LogP contribution in [0.15, 0.2) is 60.8 Å². The van der Waals surface area contributed by atoms with Gasteiger partial charge in [0, 0.05) is 6.42 Å². The summed E-state index contributed by atoms with van der Waals surface area (Å²) in [6.07, 6.45) is 51.3. The summed E-state index contributed by atoms with van der Waals surface area (Å²) in [5.74, 6) is -0.0471. The first-order valence-electron chi connectivity index (χ1n) is 19.5. The molecule has 3 N–H and O–H groups in total. The van der Waals surface area contributed by atoms with Gasteiger partial charge in [-0.25, -0.2) is 0 Å². The number of hydrogen-bond acceptors (Lipinski definition) is 3. The monoisotopic (exact) mass is 642 g/mol. The Morgan fingerprint density at radius 2 is 0.957 bits per heavy atom. The normalized spacial score (nSPS) is 13.7. The summed E-state index contributed by atoms with van der Waals surface area (Å²) >= 11 is 0. The minimum Gasteiger partial charge on any atom is -0.394 e. The molecule has 4 heteroatoms. The van der Waals surface area contributed by atoms with E-state index in [9.17, 15) is 15.0 Å². The van der Waals surface area contributed by atoms with Gasteiger partial charge in [-0.3, -0.25) is 4.79 Å². The lowest BCUT2D eigenvalue weighted by Gasteiger charge is -2.22. The van der Waals surface area contributed by atoms with Crippen LogP contribution in [0.25, 0.3) is 0 Å². The van der Waals surface area contributed by atoms with Gasteiger partial charge in [0.1, 0.15) is 0 Å². The standard InChI is InChI=1S/C42H75NO3/c1-3-5-7-9-11-13-15-16-17-18-19-20-21-22-23-24-25-26-28-30-32-34-36-38-42(46)43-40(39-44)41(45)37-35-33-31-29-27-14-12-10-8-6-4-2/h5,7,11,13,16-17,19-20,22-23,40-41,44-45H,3-4,6,8-10,12,14-15,18,21,24-39H2,1-2H3,(H,43,46)/b7-5-,13-11-,17-16-,20-19-,23-22-. The first kappa shape index (κ1) is 44.1. The molecule has 0 radical (unpaired) electrons. The van der Waals surface area contributed by atoms with Crippen molar-refractivity contribution in [1.82, 2.24) is 5.32 Å². The van der Waals surface area contributed by atoms with Crippen molar-refractivity contribution in [2.24, 2.45) is 0 Å². The Kier molecular flexibility index (Phi) is 36.0. The molecular weight excluding hydrogens is 566 g/mol. The van der Waals surface area contributed by atoms with Crippen molar-refractivity contribution in [3.63, 3.8) is 0 Å². The average Bonchev–Trinajstić information content (AvgIpc) is 3.06. The number of carbonyl (C=O) groups is 1. The van der Waals surface area contributed by atoms with Crippen LogP contribution in [0.1, 0.15) is 181 Å². The van der Waals surface area contributed by atoms with Crippen LogP contribution in [-0.2, 0) is 4.79 Å². The first-order valence-corrected chi connectivity index (χ1v) is 19.5. The number of amides is 1. The van der Waals surface area contributed by atoms with Crippen molar-refractivity contribution in [3.05, 3.63) is 60.8 Å². The molecule has 1 amide bonds. The van der Waals surface area contributed by atoms with Crippen LogP contribution in [0.4, 0.5) is 0 Å². The molecule has 0 aliphatic carbocycles. The molecular formula is C42H75NO3. The summed E-state index contributed by atoms with van der Waals surface area (Å²) in [4.78, 5) is 12.3. The maximum absolute atomic E-state index is 12.3.